The van der Waals surface area contributed by atoms with E-state index in [4.69, 9.17) is 16.3 Å². The summed E-state index contributed by atoms with van der Waals surface area (Å²) >= 11 is 10.5. The highest BCUT2D eigenvalue weighted by molar-refractivity contribution is 9.10. The molecule has 0 aromatic heterocycles. The summed E-state index contributed by atoms with van der Waals surface area (Å²) in [6.45, 7) is 2.44. The molecule has 130 valence electrons. The summed E-state index contributed by atoms with van der Waals surface area (Å²) in [5, 5.41) is -0.289. The van der Waals surface area contributed by atoms with Gasteiger partial charge in [-0.2, -0.15) is 0 Å². The Morgan fingerprint density at radius 1 is 1.24 bits per heavy atom. The molecule has 2 amide bonds. The highest BCUT2D eigenvalue weighted by atomic mass is 79.9. The van der Waals surface area contributed by atoms with Gasteiger partial charge < -0.3 is 4.74 Å². The van der Waals surface area contributed by atoms with Crippen LogP contribution in [0.25, 0.3) is 0 Å². The summed E-state index contributed by atoms with van der Waals surface area (Å²) in [4.78, 5) is 26.3. The first-order valence-corrected chi connectivity index (χ1v) is 9.76. The quantitative estimate of drug-likeness (QED) is 0.632. The lowest BCUT2D eigenvalue weighted by Crippen LogP contribution is -2.32. The average Bonchev–Trinajstić information content (AvgIpc) is 2.84. The normalized spacial score (nSPS) is 17.2. The average molecular weight is 441 g/mol. The van der Waals surface area contributed by atoms with Gasteiger partial charge in [-0.1, -0.05) is 45.4 Å². The number of amides is 2. The number of thioether (sulfide) groups is 1. The number of ether oxygens (including phenoxy) is 1. The second-order valence-electron chi connectivity index (χ2n) is 5.42. The molecule has 2 aromatic carbocycles. The van der Waals surface area contributed by atoms with Crippen LogP contribution >= 0.6 is 39.3 Å². The third kappa shape index (κ3) is 4.02. The number of imide groups is 1. The van der Waals surface area contributed by atoms with Crippen LogP contribution in [0.3, 0.4) is 0 Å². The Balaban J connectivity index is 1.85. The van der Waals surface area contributed by atoms with Crippen molar-refractivity contribution in [1.29, 1.82) is 0 Å². The van der Waals surface area contributed by atoms with Crippen molar-refractivity contribution in [2.75, 3.05) is 11.5 Å². The number of benzene rings is 2. The first-order chi connectivity index (χ1) is 12.0. The number of halogens is 2. The van der Waals surface area contributed by atoms with Gasteiger partial charge in [-0.3, -0.25) is 9.59 Å². The van der Waals surface area contributed by atoms with Crippen molar-refractivity contribution in [3.63, 3.8) is 0 Å². The monoisotopic (exact) mass is 439 g/mol. The van der Waals surface area contributed by atoms with E-state index in [-0.39, 0.29) is 11.1 Å². The van der Waals surface area contributed by atoms with Gasteiger partial charge in [0.2, 0.25) is 5.91 Å². The maximum atomic E-state index is 12.8. The molecular formula is C18H15BrClNO3S. The van der Waals surface area contributed by atoms with Crippen LogP contribution < -0.4 is 9.64 Å². The molecule has 7 heteroatoms. The Morgan fingerprint density at radius 2 is 2.04 bits per heavy atom. The van der Waals surface area contributed by atoms with E-state index in [0.29, 0.717) is 23.7 Å². The van der Waals surface area contributed by atoms with Crippen LogP contribution in [0, 0.1) is 0 Å². The van der Waals surface area contributed by atoms with Crippen molar-refractivity contribution in [2.45, 2.75) is 18.6 Å². The molecule has 1 aliphatic rings. The first kappa shape index (κ1) is 18.3. The summed E-state index contributed by atoms with van der Waals surface area (Å²) < 4.78 is 6.54. The Bertz CT molecular complexity index is 830. The van der Waals surface area contributed by atoms with Gasteiger partial charge in [0.05, 0.1) is 17.5 Å². The van der Waals surface area contributed by atoms with E-state index in [1.165, 1.54) is 4.90 Å². The maximum absolute atomic E-state index is 12.8. The number of carbonyl (C=O) groups excluding carboxylic acids is 2. The minimum absolute atomic E-state index is 0.236. The van der Waals surface area contributed by atoms with E-state index in [1.807, 2.05) is 25.1 Å². The zero-order valence-electron chi connectivity index (χ0n) is 13.4. The summed E-state index contributed by atoms with van der Waals surface area (Å²) in [6, 6.07) is 12.4. The van der Waals surface area contributed by atoms with Gasteiger partial charge in [-0.25, -0.2) is 4.90 Å². The molecule has 0 bridgehead atoms. The van der Waals surface area contributed by atoms with Crippen molar-refractivity contribution in [3.8, 4) is 5.75 Å². The third-order valence-electron chi connectivity index (χ3n) is 3.72. The second-order valence-corrected chi connectivity index (χ2v) is 7.92. The topological polar surface area (TPSA) is 46.6 Å². The summed E-state index contributed by atoms with van der Waals surface area (Å²) in [7, 11) is 0. The molecule has 3 rings (SSSR count). The largest absolute Gasteiger partial charge is 0.494 e. The van der Waals surface area contributed by atoms with Gasteiger partial charge in [0, 0.05) is 9.50 Å². The lowest BCUT2D eigenvalue weighted by atomic mass is 10.1. The van der Waals surface area contributed by atoms with Crippen LogP contribution in [-0.2, 0) is 11.2 Å². The van der Waals surface area contributed by atoms with E-state index in [1.54, 1.807) is 24.3 Å². The molecule has 25 heavy (non-hydrogen) atoms. The fourth-order valence-electron chi connectivity index (χ4n) is 2.64. The van der Waals surface area contributed by atoms with Crippen LogP contribution in [0.2, 0.25) is 5.02 Å². The summed E-state index contributed by atoms with van der Waals surface area (Å²) in [5.74, 6) is 0.493. The molecule has 0 radical (unpaired) electrons. The van der Waals surface area contributed by atoms with E-state index in [9.17, 15) is 9.59 Å². The Labute approximate surface area is 163 Å². The Kier molecular flexibility index (Phi) is 5.71. The van der Waals surface area contributed by atoms with Crippen LogP contribution in [0.5, 0.6) is 5.75 Å². The fourth-order valence-corrected chi connectivity index (χ4v) is 4.25. The van der Waals surface area contributed by atoms with E-state index < -0.39 is 5.25 Å². The molecular weight excluding hydrogens is 426 g/mol. The molecule has 0 aliphatic carbocycles. The minimum atomic E-state index is -0.486. The zero-order valence-corrected chi connectivity index (χ0v) is 16.5. The van der Waals surface area contributed by atoms with Crippen LogP contribution in [-0.4, -0.2) is 23.0 Å². The predicted molar refractivity (Wildman–Crippen MR) is 105 cm³/mol. The molecule has 1 aliphatic heterocycles. The minimum Gasteiger partial charge on any atom is -0.494 e. The smallest absolute Gasteiger partial charge is 0.293 e. The van der Waals surface area contributed by atoms with Gasteiger partial charge >= 0.3 is 0 Å². The second kappa shape index (κ2) is 7.81. The van der Waals surface area contributed by atoms with Gasteiger partial charge in [-0.05, 0) is 55.3 Å². The zero-order chi connectivity index (χ0) is 18.0. The highest BCUT2D eigenvalue weighted by Crippen LogP contribution is 2.36. The number of carbonyl (C=O) groups is 2. The SMILES string of the molecule is CCOc1ccc(Br)cc1C[C@H]1SC(=O)N(c2cccc(Cl)c2)C1=O. The van der Waals surface area contributed by atoms with E-state index >= 15 is 0 Å². The van der Waals surface area contributed by atoms with Gasteiger partial charge in [0.15, 0.2) is 0 Å². The first-order valence-electron chi connectivity index (χ1n) is 7.71. The van der Waals surface area contributed by atoms with Crippen molar-refractivity contribution in [1.82, 2.24) is 0 Å². The van der Waals surface area contributed by atoms with Gasteiger partial charge in [0.1, 0.15) is 5.75 Å². The predicted octanol–water partition coefficient (Wildman–Crippen LogP) is 5.31. The number of hydrogen-bond donors (Lipinski definition) is 0. The standard InChI is InChI=1S/C18H15BrClNO3S/c1-2-24-15-7-6-12(19)8-11(15)9-16-17(22)21(18(23)25-16)14-5-3-4-13(20)10-14/h3-8,10,16H,2,9H2,1H3/t16-/m1/s1. The maximum Gasteiger partial charge on any atom is 0.293 e. The molecule has 4 nitrogen and oxygen atoms in total. The van der Waals surface area contributed by atoms with Crippen LogP contribution in [0.1, 0.15) is 12.5 Å². The van der Waals surface area contributed by atoms with Crippen molar-refractivity contribution in [2.24, 2.45) is 0 Å². The lowest BCUT2D eigenvalue weighted by molar-refractivity contribution is -0.117. The summed E-state index contributed by atoms with van der Waals surface area (Å²) in [6.07, 6.45) is 0.418. The molecule has 0 N–H and O–H groups in total. The van der Waals surface area contributed by atoms with Crippen molar-refractivity contribution >= 4 is 56.1 Å². The van der Waals surface area contributed by atoms with Crippen LogP contribution in [0.4, 0.5) is 10.5 Å². The Morgan fingerprint density at radius 3 is 2.76 bits per heavy atom. The molecule has 0 spiro atoms. The molecule has 0 unspecified atom stereocenters. The molecule has 1 fully saturated rings. The lowest BCUT2D eigenvalue weighted by Gasteiger charge is -2.15. The van der Waals surface area contributed by atoms with E-state index in [2.05, 4.69) is 15.9 Å². The number of nitrogens with zero attached hydrogens (tertiary/aromatic N) is 1. The Hall–Kier alpha value is -1.50. The van der Waals surface area contributed by atoms with Crippen molar-refractivity contribution in [3.05, 3.63) is 57.5 Å². The molecule has 0 saturated carbocycles. The molecule has 2 aromatic rings. The van der Waals surface area contributed by atoms with Crippen molar-refractivity contribution < 1.29 is 14.3 Å². The number of rotatable bonds is 5. The number of hydrogen-bond acceptors (Lipinski definition) is 4. The number of anilines is 1. The summed E-state index contributed by atoms with van der Waals surface area (Å²) in [5.41, 5.74) is 1.39. The third-order valence-corrected chi connectivity index (χ3v) is 5.48. The van der Waals surface area contributed by atoms with Crippen LogP contribution in [0.15, 0.2) is 46.9 Å². The molecule has 1 saturated heterocycles. The van der Waals surface area contributed by atoms with Gasteiger partial charge in [0.25, 0.3) is 5.24 Å². The van der Waals surface area contributed by atoms with E-state index in [0.717, 1.165) is 27.5 Å². The molecule has 1 heterocycles. The highest BCUT2D eigenvalue weighted by Gasteiger charge is 2.40. The molecule has 1 atom stereocenters. The van der Waals surface area contributed by atoms with Gasteiger partial charge in [-0.15, -0.1) is 0 Å². The fraction of sp³-hybridized carbons (Fsp3) is 0.222.